The van der Waals surface area contributed by atoms with Gasteiger partial charge in [-0.05, 0) is 37.1 Å². The SMILES string of the molecule is COC(=O)c1ccc(S(=O)(=O)NC2CCCCC2O)cc1. The maximum Gasteiger partial charge on any atom is 0.337 e. The standard InChI is InChI=1S/C14H19NO5S/c1-20-14(17)10-6-8-11(9-7-10)21(18,19)15-12-4-2-3-5-13(12)16/h6-9,12-13,15-16H,2-5H2,1H3. The van der Waals surface area contributed by atoms with Crippen LogP contribution >= 0.6 is 0 Å². The summed E-state index contributed by atoms with van der Waals surface area (Å²) in [5, 5.41) is 9.84. The number of esters is 1. The number of carbonyl (C=O) groups excluding carboxylic acids is 1. The van der Waals surface area contributed by atoms with E-state index in [0.717, 1.165) is 12.8 Å². The lowest BCUT2D eigenvalue weighted by Crippen LogP contribution is -2.44. The van der Waals surface area contributed by atoms with Crippen molar-refractivity contribution < 1.29 is 23.1 Å². The van der Waals surface area contributed by atoms with Gasteiger partial charge in [0.2, 0.25) is 10.0 Å². The molecule has 0 spiro atoms. The molecule has 2 atom stereocenters. The Hall–Kier alpha value is -1.44. The molecule has 0 bridgehead atoms. The highest BCUT2D eigenvalue weighted by atomic mass is 32.2. The van der Waals surface area contributed by atoms with Crippen molar-refractivity contribution in [3.8, 4) is 0 Å². The van der Waals surface area contributed by atoms with Crippen LogP contribution in [-0.4, -0.2) is 38.7 Å². The van der Waals surface area contributed by atoms with Gasteiger partial charge in [-0.15, -0.1) is 0 Å². The van der Waals surface area contributed by atoms with Gasteiger partial charge in [0.15, 0.2) is 0 Å². The van der Waals surface area contributed by atoms with Gasteiger partial charge in [0, 0.05) is 6.04 Å². The molecular formula is C14H19NO5S. The Bertz CT molecular complexity index is 596. The molecule has 0 saturated heterocycles. The van der Waals surface area contributed by atoms with Crippen LogP contribution in [0, 0.1) is 0 Å². The van der Waals surface area contributed by atoms with Gasteiger partial charge in [0.25, 0.3) is 0 Å². The second kappa shape index (κ2) is 6.55. The van der Waals surface area contributed by atoms with E-state index in [1.807, 2.05) is 0 Å². The average Bonchev–Trinajstić information content (AvgIpc) is 2.49. The Morgan fingerprint density at radius 3 is 2.43 bits per heavy atom. The molecule has 0 aliphatic heterocycles. The first-order chi connectivity index (χ1) is 9.94. The fourth-order valence-corrected chi connectivity index (χ4v) is 3.71. The molecule has 2 rings (SSSR count). The lowest BCUT2D eigenvalue weighted by atomic mass is 9.93. The zero-order chi connectivity index (χ0) is 15.5. The number of hydrogen-bond acceptors (Lipinski definition) is 5. The van der Waals surface area contributed by atoms with E-state index in [0.29, 0.717) is 12.8 Å². The smallest absolute Gasteiger partial charge is 0.337 e. The van der Waals surface area contributed by atoms with Crippen LogP contribution in [-0.2, 0) is 14.8 Å². The third-order valence-electron chi connectivity index (χ3n) is 3.62. The summed E-state index contributed by atoms with van der Waals surface area (Å²) in [4.78, 5) is 11.4. The first kappa shape index (κ1) is 15.9. The number of ether oxygens (including phenoxy) is 1. The second-order valence-corrected chi connectivity index (χ2v) is 6.81. The van der Waals surface area contributed by atoms with E-state index >= 15 is 0 Å². The van der Waals surface area contributed by atoms with Gasteiger partial charge in [-0.25, -0.2) is 17.9 Å². The van der Waals surface area contributed by atoms with Gasteiger partial charge in [-0.2, -0.15) is 0 Å². The Kier molecular flexibility index (Phi) is 4.97. The van der Waals surface area contributed by atoms with Crippen molar-refractivity contribution in [2.45, 2.75) is 42.7 Å². The molecular weight excluding hydrogens is 294 g/mol. The summed E-state index contributed by atoms with van der Waals surface area (Å²) >= 11 is 0. The summed E-state index contributed by atoms with van der Waals surface area (Å²) in [6.07, 6.45) is 2.39. The number of aliphatic hydroxyl groups is 1. The molecule has 2 unspecified atom stereocenters. The largest absolute Gasteiger partial charge is 0.465 e. The molecule has 6 nitrogen and oxygen atoms in total. The molecule has 1 aromatic rings. The fraction of sp³-hybridized carbons (Fsp3) is 0.500. The van der Waals surface area contributed by atoms with Crippen molar-refractivity contribution in [3.05, 3.63) is 29.8 Å². The highest BCUT2D eigenvalue weighted by Crippen LogP contribution is 2.21. The number of benzene rings is 1. The summed E-state index contributed by atoms with van der Waals surface area (Å²) in [7, 11) is -2.44. The summed E-state index contributed by atoms with van der Waals surface area (Å²) < 4.78 is 31.6. The van der Waals surface area contributed by atoms with Crippen molar-refractivity contribution in [2.24, 2.45) is 0 Å². The van der Waals surface area contributed by atoms with Crippen LogP contribution in [0.2, 0.25) is 0 Å². The number of hydrogen-bond donors (Lipinski definition) is 2. The molecule has 7 heteroatoms. The molecule has 0 amide bonds. The monoisotopic (exact) mass is 313 g/mol. The van der Waals surface area contributed by atoms with Gasteiger partial charge < -0.3 is 9.84 Å². The quantitative estimate of drug-likeness (QED) is 0.811. The average molecular weight is 313 g/mol. The fourth-order valence-electron chi connectivity index (χ4n) is 2.40. The third kappa shape index (κ3) is 3.81. The summed E-state index contributed by atoms with van der Waals surface area (Å²) in [6, 6.07) is 5.05. The van der Waals surface area contributed by atoms with Crippen LogP contribution in [0.1, 0.15) is 36.0 Å². The maximum absolute atomic E-state index is 12.3. The van der Waals surface area contributed by atoms with Crippen molar-refractivity contribution in [1.29, 1.82) is 0 Å². The Balaban J connectivity index is 2.13. The van der Waals surface area contributed by atoms with E-state index in [1.165, 1.54) is 31.4 Å². The number of methoxy groups -OCH3 is 1. The highest BCUT2D eigenvalue weighted by molar-refractivity contribution is 7.89. The molecule has 1 fully saturated rings. The molecule has 1 aliphatic rings. The predicted molar refractivity (Wildman–Crippen MR) is 76.4 cm³/mol. The van der Waals surface area contributed by atoms with Crippen LogP contribution in [0.25, 0.3) is 0 Å². The first-order valence-corrected chi connectivity index (χ1v) is 8.31. The molecule has 1 saturated carbocycles. The van der Waals surface area contributed by atoms with Crippen LogP contribution in [0.4, 0.5) is 0 Å². The number of sulfonamides is 1. The summed E-state index contributed by atoms with van der Waals surface area (Å²) in [5.74, 6) is -0.519. The van der Waals surface area contributed by atoms with E-state index in [1.54, 1.807) is 0 Å². The van der Waals surface area contributed by atoms with Crippen molar-refractivity contribution in [2.75, 3.05) is 7.11 Å². The molecule has 1 aliphatic carbocycles. The maximum atomic E-state index is 12.3. The van der Waals surface area contributed by atoms with Crippen LogP contribution in [0.15, 0.2) is 29.2 Å². The van der Waals surface area contributed by atoms with E-state index < -0.39 is 28.1 Å². The van der Waals surface area contributed by atoms with E-state index in [-0.39, 0.29) is 10.5 Å². The summed E-state index contributed by atoms with van der Waals surface area (Å²) in [5.41, 5.74) is 0.286. The van der Waals surface area contributed by atoms with Crippen LogP contribution in [0.5, 0.6) is 0 Å². The van der Waals surface area contributed by atoms with Crippen LogP contribution < -0.4 is 4.72 Å². The van der Waals surface area contributed by atoms with Gasteiger partial charge in [-0.3, -0.25) is 0 Å². The normalized spacial score (nSPS) is 22.8. The van der Waals surface area contributed by atoms with Crippen molar-refractivity contribution in [3.63, 3.8) is 0 Å². The Morgan fingerprint density at radius 1 is 1.24 bits per heavy atom. The minimum absolute atomic E-state index is 0.0629. The Morgan fingerprint density at radius 2 is 1.86 bits per heavy atom. The molecule has 1 aromatic carbocycles. The van der Waals surface area contributed by atoms with E-state index in [2.05, 4.69) is 9.46 Å². The molecule has 0 heterocycles. The molecule has 0 aromatic heterocycles. The number of carbonyl (C=O) groups is 1. The molecule has 0 radical (unpaired) electrons. The van der Waals surface area contributed by atoms with E-state index in [9.17, 15) is 18.3 Å². The molecule has 116 valence electrons. The topological polar surface area (TPSA) is 92.7 Å². The highest BCUT2D eigenvalue weighted by Gasteiger charge is 2.28. The lowest BCUT2D eigenvalue weighted by Gasteiger charge is -2.28. The van der Waals surface area contributed by atoms with Crippen molar-refractivity contribution >= 4 is 16.0 Å². The summed E-state index contributed by atoms with van der Waals surface area (Å²) in [6.45, 7) is 0. The predicted octanol–water partition coefficient (Wildman–Crippen LogP) is 1.05. The number of nitrogens with one attached hydrogen (secondary N) is 1. The molecule has 2 N–H and O–H groups in total. The van der Waals surface area contributed by atoms with Gasteiger partial charge in [0.1, 0.15) is 0 Å². The third-order valence-corrected chi connectivity index (χ3v) is 5.13. The number of aliphatic hydroxyl groups excluding tert-OH is 1. The first-order valence-electron chi connectivity index (χ1n) is 6.83. The molecule has 21 heavy (non-hydrogen) atoms. The van der Waals surface area contributed by atoms with Crippen molar-refractivity contribution in [1.82, 2.24) is 4.72 Å². The lowest BCUT2D eigenvalue weighted by molar-refractivity contribution is 0.0600. The van der Waals surface area contributed by atoms with Crippen LogP contribution in [0.3, 0.4) is 0 Å². The minimum atomic E-state index is -3.70. The Labute approximate surface area is 124 Å². The zero-order valence-electron chi connectivity index (χ0n) is 11.8. The van der Waals surface area contributed by atoms with Gasteiger partial charge >= 0.3 is 5.97 Å². The number of rotatable bonds is 4. The van der Waals surface area contributed by atoms with E-state index in [4.69, 9.17) is 0 Å². The zero-order valence-corrected chi connectivity index (χ0v) is 12.6. The van der Waals surface area contributed by atoms with Gasteiger partial charge in [0.05, 0.1) is 23.7 Å². The second-order valence-electron chi connectivity index (χ2n) is 5.10. The van der Waals surface area contributed by atoms with Gasteiger partial charge in [-0.1, -0.05) is 12.8 Å². The minimum Gasteiger partial charge on any atom is -0.465 e.